The van der Waals surface area contributed by atoms with Crippen LogP contribution in [0, 0.1) is 6.92 Å². The number of aryl methyl sites for hydroxylation is 1. The second-order valence-corrected chi connectivity index (χ2v) is 10.6. The maximum atomic E-state index is 12.5. The maximum absolute atomic E-state index is 12.5. The number of carbonyl (C=O) groups is 2. The molecule has 34 heavy (non-hydrogen) atoms. The fourth-order valence-electron chi connectivity index (χ4n) is 3.88. The van der Waals surface area contributed by atoms with Crippen LogP contribution in [0.25, 0.3) is 0 Å². The first-order chi connectivity index (χ1) is 16.6. The van der Waals surface area contributed by atoms with Gasteiger partial charge in [0.2, 0.25) is 5.91 Å². The van der Waals surface area contributed by atoms with Crippen LogP contribution in [0.4, 0.5) is 0 Å². The van der Waals surface area contributed by atoms with Gasteiger partial charge in [0.05, 0.1) is 5.75 Å². The Morgan fingerprint density at radius 2 is 1.74 bits per heavy atom. The molecular weight excluding hydrogens is 460 g/mol. The van der Waals surface area contributed by atoms with E-state index in [2.05, 4.69) is 48.6 Å². The predicted molar refractivity (Wildman–Crippen MR) is 143 cm³/mol. The third-order valence-corrected chi connectivity index (χ3v) is 8.12. The van der Waals surface area contributed by atoms with E-state index in [9.17, 15) is 9.59 Å². The van der Waals surface area contributed by atoms with E-state index in [1.807, 2.05) is 59.1 Å². The lowest BCUT2D eigenvalue weighted by molar-refractivity contribution is -0.128. The van der Waals surface area contributed by atoms with E-state index in [1.165, 1.54) is 16.7 Å². The number of hydrogen-bond acceptors (Lipinski definition) is 4. The van der Waals surface area contributed by atoms with Crippen molar-refractivity contribution in [1.82, 2.24) is 10.2 Å². The van der Waals surface area contributed by atoms with Crippen molar-refractivity contribution in [2.45, 2.75) is 24.5 Å². The highest BCUT2D eigenvalue weighted by molar-refractivity contribution is 8.00. The molecule has 4 rings (SSSR count). The van der Waals surface area contributed by atoms with Crippen molar-refractivity contribution >= 4 is 35.3 Å². The summed E-state index contributed by atoms with van der Waals surface area (Å²) >= 11 is 3.47. The molecule has 0 aromatic heterocycles. The van der Waals surface area contributed by atoms with Gasteiger partial charge in [-0.25, -0.2) is 0 Å². The van der Waals surface area contributed by atoms with Gasteiger partial charge in [-0.1, -0.05) is 72.3 Å². The number of hydrogen-bond donors (Lipinski definition) is 1. The maximum Gasteiger partial charge on any atom is 0.251 e. The summed E-state index contributed by atoms with van der Waals surface area (Å²) in [6, 6.07) is 26.5. The molecule has 1 N–H and O–H groups in total. The molecule has 1 atom stereocenters. The summed E-state index contributed by atoms with van der Waals surface area (Å²) in [6.45, 7) is 3.42. The highest BCUT2D eigenvalue weighted by atomic mass is 32.2. The lowest BCUT2D eigenvalue weighted by atomic mass is 10.1. The van der Waals surface area contributed by atoms with Crippen molar-refractivity contribution < 1.29 is 9.59 Å². The molecule has 1 aliphatic rings. The first-order valence-corrected chi connectivity index (χ1v) is 13.8. The highest BCUT2D eigenvalue weighted by Gasteiger charge is 2.32. The molecule has 1 aliphatic heterocycles. The van der Waals surface area contributed by atoms with E-state index < -0.39 is 0 Å². The Hall–Kier alpha value is -2.70. The average molecular weight is 491 g/mol. The first kappa shape index (κ1) is 24.4. The van der Waals surface area contributed by atoms with Gasteiger partial charge in [0.25, 0.3) is 5.91 Å². The van der Waals surface area contributed by atoms with Crippen LogP contribution >= 0.6 is 23.5 Å². The van der Waals surface area contributed by atoms with E-state index in [0.717, 1.165) is 23.5 Å². The largest absolute Gasteiger partial charge is 0.351 e. The molecule has 0 spiro atoms. The number of thioether (sulfide) groups is 2. The van der Waals surface area contributed by atoms with Crippen LogP contribution in [0.15, 0.2) is 78.9 Å². The fourth-order valence-corrected chi connectivity index (χ4v) is 5.92. The molecule has 6 heteroatoms. The minimum atomic E-state index is -0.0569. The van der Waals surface area contributed by atoms with E-state index in [0.29, 0.717) is 24.4 Å². The average Bonchev–Trinajstić information content (AvgIpc) is 3.24. The number of amides is 2. The molecule has 1 heterocycles. The molecule has 3 aromatic carbocycles. The Balaban J connectivity index is 1.24. The monoisotopic (exact) mass is 490 g/mol. The zero-order valence-corrected chi connectivity index (χ0v) is 21.0. The van der Waals surface area contributed by atoms with E-state index in [4.69, 9.17) is 0 Å². The van der Waals surface area contributed by atoms with Gasteiger partial charge in [0.15, 0.2) is 0 Å². The van der Waals surface area contributed by atoms with Crippen LogP contribution in [0.3, 0.4) is 0 Å². The van der Waals surface area contributed by atoms with Crippen LogP contribution in [-0.4, -0.2) is 41.3 Å². The van der Waals surface area contributed by atoms with E-state index in [1.54, 1.807) is 11.8 Å². The third kappa shape index (κ3) is 6.67. The van der Waals surface area contributed by atoms with Gasteiger partial charge < -0.3 is 10.2 Å². The molecular formula is C28H30N2O2S2. The SMILES string of the molecule is Cc1ccc(CSCCNC(=O)c2ccc([C@H]3SCC(=O)N3CCc3ccccc3)cc2)cc1. The Morgan fingerprint density at radius 3 is 2.47 bits per heavy atom. The third-order valence-electron chi connectivity index (χ3n) is 5.83. The Labute approximate surface area is 210 Å². The quantitative estimate of drug-likeness (QED) is 0.383. The molecule has 0 saturated carbocycles. The lowest BCUT2D eigenvalue weighted by Gasteiger charge is -2.24. The van der Waals surface area contributed by atoms with E-state index >= 15 is 0 Å². The summed E-state index contributed by atoms with van der Waals surface area (Å²) in [4.78, 5) is 27.0. The van der Waals surface area contributed by atoms with Gasteiger partial charge in [-0.2, -0.15) is 11.8 Å². The van der Waals surface area contributed by atoms with Crippen molar-refractivity contribution in [2.24, 2.45) is 0 Å². The summed E-state index contributed by atoms with van der Waals surface area (Å²) < 4.78 is 0. The van der Waals surface area contributed by atoms with Crippen LogP contribution in [-0.2, 0) is 17.0 Å². The van der Waals surface area contributed by atoms with Crippen molar-refractivity contribution in [3.05, 3.63) is 107 Å². The van der Waals surface area contributed by atoms with Gasteiger partial charge in [-0.05, 0) is 42.2 Å². The van der Waals surface area contributed by atoms with Gasteiger partial charge >= 0.3 is 0 Å². The predicted octanol–water partition coefficient (Wildman–Crippen LogP) is 5.47. The Kier molecular flexibility index (Phi) is 8.72. The molecule has 0 bridgehead atoms. The molecule has 4 nitrogen and oxygen atoms in total. The van der Waals surface area contributed by atoms with Crippen molar-refractivity contribution in [1.29, 1.82) is 0 Å². The van der Waals surface area contributed by atoms with Crippen LogP contribution in [0.2, 0.25) is 0 Å². The fraction of sp³-hybridized carbons (Fsp3) is 0.286. The Bertz CT molecular complexity index is 1090. The van der Waals surface area contributed by atoms with Gasteiger partial charge in [0.1, 0.15) is 5.37 Å². The molecule has 0 aliphatic carbocycles. The molecule has 0 radical (unpaired) electrons. The number of rotatable bonds is 10. The second-order valence-electron chi connectivity index (χ2n) is 8.40. The smallest absolute Gasteiger partial charge is 0.251 e. The molecule has 2 amide bonds. The van der Waals surface area contributed by atoms with Gasteiger partial charge in [0, 0.05) is 30.2 Å². The standard InChI is InChI=1S/C28H30N2O2S2/c1-21-7-9-23(10-8-21)19-33-18-16-29-27(32)24-11-13-25(14-12-24)28-30(26(31)20-34-28)17-15-22-5-3-2-4-6-22/h2-14,28H,15-20H2,1H3,(H,29,32)/t28-/m1/s1. The number of benzene rings is 3. The molecule has 0 unspecified atom stereocenters. The Morgan fingerprint density at radius 1 is 1.00 bits per heavy atom. The molecule has 176 valence electrons. The van der Waals surface area contributed by atoms with E-state index in [-0.39, 0.29) is 17.2 Å². The summed E-state index contributed by atoms with van der Waals surface area (Å²) in [5.41, 5.74) is 5.52. The molecule has 3 aromatic rings. The minimum Gasteiger partial charge on any atom is -0.351 e. The highest BCUT2D eigenvalue weighted by Crippen LogP contribution is 2.38. The minimum absolute atomic E-state index is 0.00602. The van der Waals surface area contributed by atoms with Crippen LogP contribution in [0.5, 0.6) is 0 Å². The zero-order valence-electron chi connectivity index (χ0n) is 19.4. The topological polar surface area (TPSA) is 49.4 Å². The lowest BCUT2D eigenvalue weighted by Crippen LogP contribution is -2.30. The summed E-state index contributed by atoms with van der Waals surface area (Å²) in [5, 5.41) is 3.01. The summed E-state index contributed by atoms with van der Waals surface area (Å²) in [7, 11) is 0. The van der Waals surface area contributed by atoms with Crippen molar-refractivity contribution in [3.63, 3.8) is 0 Å². The first-order valence-electron chi connectivity index (χ1n) is 11.6. The van der Waals surface area contributed by atoms with Crippen molar-refractivity contribution in [3.8, 4) is 0 Å². The normalized spacial score (nSPS) is 15.5. The van der Waals surface area contributed by atoms with Crippen molar-refractivity contribution in [2.75, 3.05) is 24.6 Å². The molecule has 1 fully saturated rings. The van der Waals surface area contributed by atoms with Crippen LogP contribution in [0.1, 0.15) is 38.0 Å². The summed E-state index contributed by atoms with van der Waals surface area (Å²) in [6.07, 6.45) is 0.839. The molecule has 1 saturated heterocycles. The number of nitrogens with one attached hydrogen (secondary N) is 1. The van der Waals surface area contributed by atoms with Gasteiger partial charge in [-0.3, -0.25) is 9.59 Å². The number of nitrogens with zero attached hydrogens (tertiary/aromatic N) is 1. The number of carbonyl (C=O) groups excluding carboxylic acids is 2. The van der Waals surface area contributed by atoms with Crippen LogP contribution < -0.4 is 5.32 Å². The summed E-state index contributed by atoms with van der Waals surface area (Å²) in [5.74, 6) is 2.44. The van der Waals surface area contributed by atoms with Gasteiger partial charge in [-0.15, -0.1) is 11.8 Å². The second kappa shape index (κ2) is 12.1. The zero-order chi connectivity index (χ0) is 23.8.